The van der Waals surface area contributed by atoms with E-state index < -0.39 is 0 Å². The Hall–Kier alpha value is -3.61. The second-order valence-electron chi connectivity index (χ2n) is 7.53. The largest absolute Gasteiger partial charge is 0.489 e. The predicted molar refractivity (Wildman–Crippen MR) is 114 cm³/mol. The number of aliphatic hydroxyl groups is 1. The van der Waals surface area contributed by atoms with Gasteiger partial charge in [-0.3, -0.25) is 4.98 Å². The minimum atomic E-state index is 0.156. The standard InChI is InChI=1S/C24H22N4O2/c1-16-9-24(28-8-2-3-20(28)14-29)22-7-4-17(10-23(22)27-16)15-30-21-6-5-18(12-25)19(11-21)13-26/h4-7,9-11,20,29H,2-3,8,14-15H2,1H3. The first kappa shape index (κ1) is 19.7. The van der Waals surface area contributed by atoms with E-state index in [-0.39, 0.29) is 12.6 Å². The molecule has 6 nitrogen and oxygen atoms in total. The highest BCUT2D eigenvalue weighted by atomic mass is 16.5. The number of fused-ring (bicyclic) bond motifs is 1. The maximum atomic E-state index is 9.72. The predicted octanol–water partition coefficient (Wildman–Crippen LogP) is 3.83. The fraction of sp³-hybridized carbons (Fsp3) is 0.292. The average molecular weight is 398 g/mol. The van der Waals surface area contributed by atoms with Gasteiger partial charge in [0.05, 0.1) is 29.3 Å². The Morgan fingerprint density at radius 1 is 1.13 bits per heavy atom. The van der Waals surface area contributed by atoms with E-state index in [0.717, 1.165) is 47.2 Å². The fourth-order valence-electron chi connectivity index (χ4n) is 4.02. The number of anilines is 1. The summed E-state index contributed by atoms with van der Waals surface area (Å²) in [4.78, 5) is 6.99. The first-order valence-corrected chi connectivity index (χ1v) is 9.97. The molecule has 6 heteroatoms. The molecule has 0 saturated carbocycles. The van der Waals surface area contributed by atoms with Crippen LogP contribution in [0.15, 0.2) is 42.5 Å². The molecule has 3 aromatic rings. The molecule has 0 bridgehead atoms. The molecular weight excluding hydrogens is 376 g/mol. The van der Waals surface area contributed by atoms with Crippen molar-refractivity contribution in [1.29, 1.82) is 10.5 Å². The third-order valence-corrected chi connectivity index (χ3v) is 5.52. The molecule has 0 spiro atoms. The van der Waals surface area contributed by atoms with E-state index in [1.54, 1.807) is 18.2 Å². The van der Waals surface area contributed by atoms with Gasteiger partial charge in [0.2, 0.25) is 0 Å². The molecule has 0 amide bonds. The van der Waals surface area contributed by atoms with Gasteiger partial charge in [0, 0.05) is 23.3 Å². The maximum Gasteiger partial charge on any atom is 0.121 e. The lowest BCUT2D eigenvalue weighted by atomic mass is 10.1. The Balaban J connectivity index is 1.60. The molecular formula is C24H22N4O2. The fourth-order valence-corrected chi connectivity index (χ4v) is 4.02. The minimum absolute atomic E-state index is 0.156. The molecule has 1 fully saturated rings. The molecule has 0 radical (unpaired) electrons. The van der Waals surface area contributed by atoms with Gasteiger partial charge in [-0.1, -0.05) is 12.1 Å². The first-order chi connectivity index (χ1) is 14.6. The van der Waals surface area contributed by atoms with Crippen LogP contribution in [-0.2, 0) is 6.61 Å². The number of aliphatic hydroxyl groups excluding tert-OH is 1. The summed E-state index contributed by atoms with van der Waals surface area (Å²) in [7, 11) is 0. The van der Waals surface area contributed by atoms with Gasteiger partial charge in [-0.05, 0) is 55.7 Å². The number of hydrogen-bond acceptors (Lipinski definition) is 6. The van der Waals surface area contributed by atoms with Crippen molar-refractivity contribution < 1.29 is 9.84 Å². The number of aryl methyl sites for hydroxylation is 1. The van der Waals surface area contributed by atoms with Gasteiger partial charge in [-0.15, -0.1) is 0 Å². The summed E-state index contributed by atoms with van der Waals surface area (Å²) in [6.07, 6.45) is 2.08. The van der Waals surface area contributed by atoms with Crippen LogP contribution in [0.25, 0.3) is 10.9 Å². The zero-order valence-corrected chi connectivity index (χ0v) is 16.8. The van der Waals surface area contributed by atoms with Gasteiger partial charge >= 0.3 is 0 Å². The molecule has 2 heterocycles. The zero-order valence-electron chi connectivity index (χ0n) is 16.8. The van der Waals surface area contributed by atoms with E-state index in [9.17, 15) is 10.4 Å². The summed E-state index contributed by atoms with van der Waals surface area (Å²) in [6.45, 7) is 3.41. The summed E-state index contributed by atoms with van der Waals surface area (Å²) in [5.41, 5.74) is 4.56. The Morgan fingerprint density at radius 2 is 1.97 bits per heavy atom. The lowest BCUT2D eigenvalue weighted by molar-refractivity contribution is 0.266. The van der Waals surface area contributed by atoms with Crippen LogP contribution in [0, 0.1) is 29.6 Å². The molecule has 150 valence electrons. The van der Waals surface area contributed by atoms with Crippen molar-refractivity contribution in [1.82, 2.24) is 4.98 Å². The zero-order chi connectivity index (χ0) is 21.1. The molecule has 1 aliphatic heterocycles. The number of pyridine rings is 1. The van der Waals surface area contributed by atoms with Crippen molar-refractivity contribution in [3.05, 3.63) is 64.8 Å². The van der Waals surface area contributed by atoms with Crippen LogP contribution in [-0.4, -0.2) is 29.3 Å². The van der Waals surface area contributed by atoms with Crippen LogP contribution in [0.1, 0.15) is 35.2 Å². The lowest BCUT2D eigenvalue weighted by Crippen LogP contribution is -2.32. The third-order valence-electron chi connectivity index (χ3n) is 5.52. The molecule has 4 rings (SSSR count). The molecule has 1 N–H and O–H groups in total. The highest BCUT2D eigenvalue weighted by Gasteiger charge is 2.25. The number of nitriles is 2. The smallest absolute Gasteiger partial charge is 0.121 e. The van der Waals surface area contributed by atoms with Crippen molar-refractivity contribution in [3.63, 3.8) is 0 Å². The highest BCUT2D eigenvalue weighted by Crippen LogP contribution is 2.33. The number of rotatable bonds is 5. The van der Waals surface area contributed by atoms with E-state index in [1.807, 2.05) is 31.2 Å². The molecule has 1 saturated heterocycles. The quantitative estimate of drug-likeness (QED) is 0.702. The molecule has 1 unspecified atom stereocenters. The Morgan fingerprint density at radius 3 is 2.73 bits per heavy atom. The monoisotopic (exact) mass is 398 g/mol. The summed E-state index contributed by atoms with van der Waals surface area (Å²) in [5.74, 6) is 0.548. The van der Waals surface area contributed by atoms with E-state index in [0.29, 0.717) is 23.5 Å². The van der Waals surface area contributed by atoms with Crippen LogP contribution < -0.4 is 9.64 Å². The van der Waals surface area contributed by atoms with Gasteiger partial charge in [-0.2, -0.15) is 10.5 Å². The van der Waals surface area contributed by atoms with Crippen LogP contribution in [0.5, 0.6) is 5.75 Å². The normalized spacial score (nSPS) is 15.7. The highest BCUT2D eigenvalue weighted by molar-refractivity contribution is 5.92. The lowest BCUT2D eigenvalue weighted by Gasteiger charge is -2.27. The minimum Gasteiger partial charge on any atom is -0.489 e. The second-order valence-corrected chi connectivity index (χ2v) is 7.53. The number of benzene rings is 2. The van der Waals surface area contributed by atoms with Crippen LogP contribution in [0.2, 0.25) is 0 Å². The van der Waals surface area contributed by atoms with Gasteiger partial charge in [0.25, 0.3) is 0 Å². The van der Waals surface area contributed by atoms with Crippen molar-refractivity contribution in [2.24, 2.45) is 0 Å². The average Bonchev–Trinajstić information content (AvgIpc) is 3.25. The second kappa shape index (κ2) is 8.41. The van der Waals surface area contributed by atoms with Crippen molar-refractivity contribution in [2.45, 2.75) is 32.4 Å². The number of ether oxygens (including phenoxy) is 1. The molecule has 30 heavy (non-hydrogen) atoms. The number of nitrogens with zero attached hydrogens (tertiary/aromatic N) is 4. The van der Waals surface area contributed by atoms with Crippen molar-refractivity contribution in [2.75, 3.05) is 18.1 Å². The van der Waals surface area contributed by atoms with E-state index in [2.05, 4.69) is 17.0 Å². The molecule has 1 atom stereocenters. The summed E-state index contributed by atoms with van der Waals surface area (Å²) >= 11 is 0. The summed E-state index contributed by atoms with van der Waals surface area (Å²) in [5, 5.41) is 29.0. The first-order valence-electron chi connectivity index (χ1n) is 9.97. The molecule has 1 aliphatic rings. The van der Waals surface area contributed by atoms with Crippen LogP contribution >= 0.6 is 0 Å². The van der Waals surface area contributed by atoms with Crippen molar-refractivity contribution >= 4 is 16.6 Å². The third kappa shape index (κ3) is 3.78. The van der Waals surface area contributed by atoms with E-state index >= 15 is 0 Å². The molecule has 1 aromatic heterocycles. The SMILES string of the molecule is Cc1cc(N2CCCC2CO)c2ccc(COc3ccc(C#N)c(C#N)c3)cc2n1. The van der Waals surface area contributed by atoms with E-state index in [1.165, 1.54) is 0 Å². The topological polar surface area (TPSA) is 93.2 Å². The van der Waals surface area contributed by atoms with Crippen LogP contribution in [0.3, 0.4) is 0 Å². The Kier molecular flexibility index (Phi) is 5.52. The Bertz CT molecular complexity index is 1180. The molecule has 2 aromatic carbocycles. The number of hydrogen-bond donors (Lipinski definition) is 1. The van der Waals surface area contributed by atoms with Gasteiger partial charge in [0.1, 0.15) is 24.5 Å². The van der Waals surface area contributed by atoms with E-state index in [4.69, 9.17) is 15.0 Å². The number of aromatic nitrogens is 1. The van der Waals surface area contributed by atoms with Gasteiger partial charge in [-0.25, -0.2) is 0 Å². The maximum absolute atomic E-state index is 9.72. The molecule has 0 aliphatic carbocycles. The van der Waals surface area contributed by atoms with Crippen LogP contribution in [0.4, 0.5) is 5.69 Å². The summed E-state index contributed by atoms with van der Waals surface area (Å²) in [6, 6.07) is 17.2. The summed E-state index contributed by atoms with van der Waals surface area (Å²) < 4.78 is 5.85. The van der Waals surface area contributed by atoms with Crippen molar-refractivity contribution in [3.8, 4) is 17.9 Å². The Labute approximate surface area is 175 Å². The van der Waals surface area contributed by atoms with Gasteiger partial charge < -0.3 is 14.7 Å². The van der Waals surface area contributed by atoms with Gasteiger partial charge in [0.15, 0.2) is 0 Å².